The van der Waals surface area contributed by atoms with Crippen LogP contribution in [-0.2, 0) is 16.6 Å². The molecular weight excluding hydrogens is 438 g/mol. The Hall–Kier alpha value is -3.23. The minimum Gasteiger partial charge on any atom is -0.473 e. The Morgan fingerprint density at radius 1 is 0.970 bits per heavy atom. The van der Waals surface area contributed by atoms with Gasteiger partial charge in [0.05, 0.1) is 4.90 Å². The van der Waals surface area contributed by atoms with Crippen LogP contribution in [0, 0.1) is 13.8 Å². The van der Waals surface area contributed by atoms with Gasteiger partial charge >= 0.3 is 0 Å². The first-order valence-electron chi connectivity index (χ1n) is 10.8. The van der Waals surface area contributed by atoms with Crippen molar-refractivity contribution in [2.45, 2.75) is 25.3 Å². The number of aromatic nitrogens is 1. The van der Waals surface area contributed by atoms with Crippen LogP contribution in [0.3, 0.4) is 0 Å². The first-order valence-corrected chi connectivity index (χ1v) is 12.3. The van der Waals surface area contributed by atoms with Crippen molar-refractivity contribution in [3.8, 4) is 5.88 Å². The number of amides is 1. The molecule has 1 fully saturated rings. The standard InChI is InChI=1S/C25H27N3O4S/c1-19-8-9-20(2)23(16-19)33(30,31)28-14-12-27(13-15-28)25(29)22-10-11-26-24(17-22)32-18-21-6-4-3-5-7-21/h3-11,16-17H,12-15,18H2,1-2H3. The lowest BCUT2D eigenvalue weighted by molar-refractivity contribution is 0.0697. The maximum Gasteiger partial charge on any atom is 0.254 e. The average Bonchev–Trinajstić information content (AvgIpc) is 2.84. The number of hydrogen-bond acceptors (Lipinski definition) is 5. The summed E-state index contributed by atoms with van der Waals surface area (Å²) in [5.41, 5.74) is 3.10. The summed E-state index contributed by atoms with van der Waals surface area (Å²) in [6.07, 6.45) is 1.55. The van der Waals surface area contributed by atoms with Gasteiger partial charge in [0.2, 0.25) is 15.9 Å². The van der Waals surface area contributed by atoms with Crippen LogP contribution in [0.25, 0.3) is 0 Å². The molecule has 7 nitrogen and oxygen atoms in total. The average molecular weight is 466 g/mol. The number of piperazine rings is 1. The van der Waals surface area contributed by atoms with Gasteiger partial charge < -0.3 is 9.64 Å². The van der Waals surface area contributed by atoms with Crippen LogP contribution in [0.5, 0.6) is 5.88 Å². The molecule has 0 atom stereocenters. The topological polar surface area (TPSA) is 79.8 Å². The Morgan fingerprint density at radius 3 is 2.42 bits per heavy atom. The molecule has 1 aliphatic rings. The summed E-state index contributed by atoms with van der Waals surface area (Å²) in [4.78, 5) is 19.2. The predicted molar refractivity (Wildman–Crippen MR) is 126 cm³/mol. The van der Waals surface area contributed by atoms with Gasteiger partial charge in [-0.15, -0.1) is 0 Å². The smallest absolute Gasteiger partial charge is 0.254 e. The minimum absolute atomic E-state index is 0.161. The Bertz CT molecular complexity index is 1240. The van der Waals surface area contributed by atoms with Gasteiger partial charge in [-0.3, -0.25) is 4.79 Å². The van der Waals surface area contributed by atoms with E-state index in [-0.39, 0.29) is 19.0 Å². The third kappa shape index (κ3) is 5.23. The van der Waals surface area contributed by atoms with Gasteiger partial charge in [-0.2, -0.15) is 4.31 Å². The van der Waals surface area contributed by atoms with Crippen LogP contribution in [-0.4, -0.2) is 54.7 Å². The summed E-state index contributed by atoms with van der Waals surface area (Å²) in [5, 5.41) is 0. The zero-order chi connectivity index (χ0) is 23.4. The number of nitrogens with zero attached hydrogens (tertiary/aromatic N) is 3. The Labute approximate surface area is 194 Å². The van der Waals surface area contributed by atoms with E-state index in [0.29, 0.717) is 36.0 Å². The maximum absolute atomic E-state index is 13.1. The van der Waals surface area contributed by atoms with Crippen LogP contribution in [0.15, 0.2) is 71.8 Å². The van der Waals surface area contributed by atoms with Gasteiger partial charge in [-0.25, -0.2) is 13.4 Å². The van der Waals surface area contributed by atoms with Gasteiger partial charge in [0, 0.05) is 44.0 Å². The summed E-state index contributed by atoms with van der Waals surface area (Å²) >= 11 is 0. The first-order chi connectivity index (χ1) is 15.8. The van der Waals surface area contributed by atoms with E-state index >= 15 is 0 Å². The molecule has 1 saturated heterocycles. The van der Waals surface area contributed by atoms with Crippen molar-refractivity contribution in [1.82, 2.24) is 14.2 Å². The molecule has 0 N–H and O–H groups in total. The van der Waals surface area contributed by atoms with E-state index in [0.717, 1.165) is 16.7 Å². The zero-order valence-corrected chi connectivity index (χ0v) is 19.6. The van der Waals surface area contributed by atoms with Gasteiger partial charge in [-0.1, -0.05) is 42.5 Å². The van der Waals surface area contributed by atoms with Crippen molar-refractivity contribution in [2.24, 2.45) is 0 Å². The monoisotopic (exact) mass is 465 g/mol. The Morgan fingerprint density at radius 2 is 1.70 bits per heavy atom. The van der Waals surface area contributed by atoms with Crippen molar-refractivity contribution >= 4 is 15.9 Å². The molecule has 1 amide bonds. The van der Waals surface area contributed by atoms with E-state index in [9.17, 15) is 13.2 Å². The van der Waals surface area contributed by atoms with Crippen LogP contribution < -0.4 is 4.74 Å². The maximum atomic E-state index is 13.1. The molecule has 0 saturated carbocycles. The molecule has 2 aromatic carbocycles. The lowest BCUT2D eigenvalue weighted by Gasteiger charge is -2.34. The molecule has 2 heterocycles. The second kappa shape index (κ2) is 9.72. The number of rotatable bonds is 6. The molecule has 1 aromatic heterocycles. The second-order valence-electron chi connectivity index (χ2n) is 8.12. The number of ether oxygens (including phenoxy) is 1. The summed E-state index contributed by atoms with van der Waals surface area (Å²) in [5.74, 6) is 0.214. The van der Waals surface area contributed by atoms with Crippen LogP contribution in [0.2, 0.25) is 0 Å². The molecule has 4 rings (SSSR count). The molecule has 172 valence electrons. The van der Waals surface area contributed by atoms with E-state index in [4.69, 9.17) is 4.74 Å². The fraction of sp³-hybridized carbons (Fsp3) is 0.280. The van der Waals surface area contributed by atoms with Crippen molar-refractivity contribution in [2.75, 3.05) is 26.2 Å². The van der Waals surface area contributed by atoms with Gasteiger partial charge in [0.1, 0.15) is 6.61 Å². The number of hydrogen-bond donors (Lipinski definition) is 0. The van der Waals surface area contributed by atoms with E-state index in [1.807, 2.05) is 49.4 Å². The van der Waals surface area contributed by atoms with E-state index in [1.54, 1.807) is 36.2 Å². The molecule has 3 aromatic rings. The lowest BCUT2D eigenvalue weighted by atomic mass is 10.2. The number of carbonyl (C=O) groups excluding carboxylic acids is 1. The fourth-order valence-electron chi connectivity index (χ4n) is 3.79. The number of sulfonamides is 1. The molecule has 0 spiro atoms. The zero-order valence-electron chi connectivity index (χ0n) is 18.8. The fourth-order valence-corrected chi connectivity index (χ4v) is 5.52. The van der Waals surface area contributed by atoms with Crippen molar-refractivity contribution in [1.29, 1.82) is 0 Å². The highest BCUT2D eigenvalue weighted by atomic mass is 32.2. The molecule has 0 aliphatic carbocycles. The quantitative estimate of drug-likeness (QED) is 0.557. The summed E-state index contributed by atoms with van der Waals surface area (Å²) < 4.78 is 33.5. The molecule has 0 radical (unpaired) electrons. The number of aryl methyl sites for hydroxylation is 2. The Kier molecular flexibility index (Phi) is 6.76. The summed E-state index contributed by atoms with van der Waals surface area (Å²) in [6.45, 7) is 5.19. The third-order valence-corrected chi connectivity index (χ3v) is 7.74. The van der Waals surface area contributed by atoms with Crippen LogP contribution in [0.1, 0.15) is 27.0 Å². The van der Waals surface area contributed by atoms with E-state index in [1.165, 1.54) is 4.31 Å². The number of benzene rings is 2. The molecule has 0 bridgehead atoms. The highest BCUT2D eigenvalue weighted by Crippen LogP contribution is 2.23. The van der Waals surface area contributed by atoms with Crippen molar-refractivity contribution < 1.29 is 17.9 Å². The lowest BCUT2D eigenvalue weighted by Crippen LogP contribution is -2.50. The molecular formula is C25H27N3O4S. The van der Waals surface area contributed by atoms with Crippen molar-refractivity contribution in [3.63, 3.8) is 0 Å². The highest BCUT2D eigenvalue weighted by molar-refractivity contribution is 7.89. The minimum atomic E-state index is -3.60. The van der Waals surface area contributed by atoms with Gasteiger partial charge in [0.15, 0.2) is 0 Å². The van der Waals surface area contributed by atoms with Gasteiger partial charge in [-0.05, 0) is 42.7 Å². The Balaban J connectivity index is 1.40. The summed E-state index contributed by atoms with van der Waals surface area (Å²) in [6, 6.07) is 18.4. The normalized spacial score (nSPS) is 14.8. The predicted octanol–water partition coefficient (Wildman–Crippen LogP) is 3.42. The molecule has 33 heavy (non-hydrogen) atoms. The number of carbonyl (C=O) groups is 1. The third-order valence-electron chi connectivity index (χ3n) is 5.70. The second-order valence-corrected chi connectivity index (χ2v) is 10.0. The molecule has 8 heteroatoms. The highest BCUT2D eigenvalue weighted by Gasteiger charge is 2.31. The van der Waals surface area contributed by atoms with Crippen LogP contribution >= 0.6 is 0 Å². The SMILES string of the molecule is Cc1ccc(C)c(S(=O)(=O)N2CCN(C(=O)c3ccnc(OCc4ccccc4)c3)CC2)c1. The molecule has 1 aliphatic heterocycles. The summed E-state index contributed by atoms with van der Waals surface area (Å²) in [7, 11) is -3.60. The van der Waals surface area contributed by atoms with E-state index in [2.05, 4.69) is 4.98 Å². The number of pyridine rings is 1. The molecule has 0 unspecified atom stereocenters. The van der Waals surface area contributed by atoms with E-state index < -0.39 is 10.0 Å². The van der Waals surface area contributed by atoms with Crippen LogP contribution in [0.4, 0.5) is 0 Å². The van der Waals surface area contributed by atoms with Crippen molar-refractivity contribution in [3.05, 3.63) is 89.1 Å². The van der Waals surface area contributed by atoms with Gasteiger partial charge in [0.25, 0.3) is 5.91 Å². The largest absolute Gasteiger partial charge is 0.473 e. The first kappa shape index (κ1) is 22.9.